The average Bonchev–Trinajstić information content (AvgIpc) is 2.15. The van der Waals surface area contributed by atoms with Gasteiger partial charge in [0.05, 0.1) is 0 Å². The highest BCUT2D eigenvalue weighted by Gasteiger charge is 2.37. The Morgan fingerprint density at radius 2 is 1.67 bits per heavy atom. The van der Waals surface area contributed by atoms with Crippen molar-refractivity contribution in [1.29, 1.82) is 0 Å². The molecular weight excluding hydrogens is 262 g/mol. The van der Waals surface area contributed by atoms with Crippen molar-refractivity contribution in [3.05, 3.63) is 0 Å². The summed E-state index contributed by atoms with van der Waals surface area (Å²) in [6, 6.07) is 0. The van der Waals surface area contributed by atoms with E-state index in [4.69, 9.17) is 40.5 Å². The Morgan fingerprint density at radius 3 is 2.00 bits per heavy atom. The molecule has 1 saturated heterocycles. The van der Waals surface area contributed by atoms with Crippen LogP contribution in [0.2, 0.25) is 0 Å². The number of nitrogens with two attached hydrogens (primary N) is 1. The molecule has 1 fully saturated rings. The Bertz CT molecular complexity index is 270. The summed E-state index contributed by atoms with van der Waals surface area (Å²) >= 11 is 16.4. The Hall–Kier alpha value is -0.190. The highest BCUT2D eigenvalue weighted by atomic mass is 35.6. The molecule has 2 amide bonds. The van der Waals surface area contributed by atoms with Crippen LogP contribution in [0, 0.1) is 5.92 Å². The lowest BCUT2D eigenvalue weighted by Gasteiger charge is -2.32. The number of alkyl halides is 3. The third kappa shape index (κ3) is 3.40. The van der Waals surface area contributed by atoms with Crippen LogP contribution in [0.4, 0.5) is 0 Å². The second-order valence-corrected chi connectivity index (χ2v) is 5.75. The van der Waals surface area contributed by atoms with Crippen molar-refractivity contribution in [3.8, 4) is 0 Å². The molecule has 0 spiro atoms. The van der Waals surface area contributed by atoms with Crippen LogP contribution in [0.3, 0.4) is 0 Å². The van der Waals surface area contributed by atoms with Crippen LogP contribution in [0.25, 0.3) is 0 Å². The zero-order chi connectivity index (χ0) is 11.6. The van der Waals surface area contributed by atoms with E-state index in [1.165, 1.54) is 4.90 Å². The molecule has 1 aliphatic rings. The second kappa shape index (κ2) is 4.76. The summed E-state index contributed by atoms with van der Waals surface area (Å²) < 4.78 is -1.92. The number of hydrogen-bond acceptors (Lipinski definition) is 2. The van der Waals surface area contributed by atoms with Crippen LogP contribution in [0.15, 0.2) is 0 Å². The normalized spacial score (nSPS) is 19.0. The van der Waals surface area contributed by atoms with Gasteiger partial charge in [0.15, 0.2) is 0 Å². The smallest absolute Gasteiger partial charge is 0.274 e. The molecule has 0 atom stereocenters. The molecule has 1 aliphatic heterocycles. The van der Waals surface area contributed by atoms with Crippen molar-refractivity contribution < 1.29 is 9.59 Å². The fourth-order valence-corrected chi connectivity index (χ4v) is 1.90. The maximum absolute atomic E-state index is 11.5. The van der Waals surface area contributed by atoms with E-state index in [0.29, 0.717) is 25.9 Å². The lowest BCUT2D eigenvalue weighted by molar-refractivity contribution is -0.134. The van der Waals surface area contributed by atoms with Crippen molar-refractivity contribution in [1.82, 2.24) is 4.90 Å². The number of piperidine rings is 1. The van der Waals surface area contributed by atoms with Gasteiger partial charge in [0.1, 0.15) is 0 Å². The van der Waals surface area contributed by atoms with Gasteiger partial charge in [-0.3, -0.25) is 9.59 Å². The summed E-state index contributed by atoms with van der Waals surface area (Å²) in [7, 11) is 0. The summed E-state index contributed by atoms with van der Waals surface area (Å²) in [5.74, 6) is -1.06. The first-order valence-corrected chi connectivity index (χ1v) is 5.61. The van der Waals surface area contributed by atoms with Crippen LogP contribution >= 0.6 is 34.8 Å². The lowest BCUT2D eigenvalue weighted by atomic mass is 9.96. The monoisotopic (exact) mass is 272 g/mol. The molecule has 1 rings (SSSR count). The zero-order valence-corrected chi connectivity index (χ0v) is 10.1. The molecule has 0 aromatic heterocycles. The van der Waals surface area contributed by atoms with Gasteiger partial charge in [-0.25, -0.2) is 0 Å². The number of amides is 2. The van der Waals surface area contributed by atoms with Crippen molar-refractivity contribution in [2.75, 3.05) is 13.1 Å². The first kappa shape index (κ1) is 12.9. The van der Waals surface area contributed by atoms with Gasteiger partial charge < -0.3 is 10.6 Å². The van der Waals surface area contributed by atoms with E-state index in [1.807, 2.05) is 0 Å². The summed E-state index contributed by atoms with van der Waals surface area (Å²) in [6.45, 7) is 0.806. The summed E-state index contributed by atoms with van der Waals surface area (Å²) in [5.41, 5.74) is 5.15. The Labute approximate surface area is 103 Å². The van der Waals surface area contributed by atoms with E-state index >= 15 is 0 Å². The molecule has 0 unspecified atom stereocenters. The number of halogens is 3. The third-order valence-corrected chi connectivity index (χ3v) is 2.91. The minimum absolute atomic E-state index is 0.176. The molecule has 4 nitrogen and oxygen atoms in total. The third-order valence-electron chi connectivity index (χ3n) is 2.43. The molecule has 0 aromatic rings. The summed E-state index contributed by atoms with van der Waals surface area (Å²) in [5, 5.41) is 0. The second-order valence-electron chi connectivity index (χ2n) is 3.47. The maximum Gasteiger partial charge on any atom is 0.274 e. The first-order chi connectivity index (χ1) is 6.82. The van der Waals surface area contributed by atoms with Gasteiger partial charge in [0.2, 0.25) is 5.91 Å². The van der Waals surface area contributed by atoms with Gasteiger partial charge in [-0.15, -0.1) is 0 Å². The van der Waals surface area contributed by atoms with Crippen molar-refractivity contribution in [2.45, 2.75) is 16.6 Å². The van der Waals surface area contributed by atoms with Crippen LogP contribution in [-0.2, 0) is 9.59 Å². The summed E-state index contributed by atoms with van der Waals surface area (Å²) in [4.78, 5) is 23.8. The number of likely N-dealkylation sites (tertiary alicyclic amines) is 1. The van der Waals surface area contributed by atoms with Crippen molar-refractivity contribution in [2.24, 2.45) is 11.7 Å². The summed E-state index contributed by atoms with van der Waals surface area (Å²) in [6.07, 6.45) is 1.06. The lowest BCUT2D eigenvalue weighted by Crippen LogP contribution is -2.46. The maximum atomic E-state index is 11.5. The number of carbonyl (C=O) groups is 2. The van der Waals surface area contributed by atoms with E-state index in [9.17, 15) is 9.59 Å². The molecule has 7 heteroatoms. The predicted molar refractivity (Wildman–Crippen MR) is 58.8 cm³/mol. The molecule has 0 bridgehead atoms. The standard InChI is InChI=1S/C8H11Cl3N2O2/c9-8(10,11)7(15)13-3-1-5(2-4-13)6(12)14/h5H,1-4H2,(H2,12,14). The molecule has 2 N–H and O–H groups in total. The number of carbonyl (C=O) groups excluding carboxylic acids is 2. The van der Waals surface area contributed by atoms with Crippen molar-refractivity contribution in [3.63, 3.8) is 0 Å². The van der Waals surface area contributed by atoms with Crippen LogP contribution in [-0.4, -0.2) is 33.6 Å². The van der Waals surface area contributed by atoms with Gasteiger partial charge in [0.25, 0.3) is 9.70 Å². The molecule has 0 aromatic carbocycles. The number of primary amides is 1. The highest BCUT2D eigenvalue weighted by Crippen LogP contribution is 2.30. The van der Waals surface area contributed by atoms with Gasteiger partial charge >= 0.3 is 0 Å². The minimum Gasteiger partial charge on any atom is -0.369 e. The Kier molecular flexibility index (Phi) is 4.09. The number of hydrogen-bond donors (Lipinski definition) is 1. The minimum atomic E-state index is -1.92. The van der Waals surface area contributed by atoms with E-state index in [1.54, 1.807) is 0 Å². The van der Waals surface area contributed by atoms with Gasteiger partial charge in [-0.05, 0) is 12.8 Å². The van der Waals surface area contributed by atoms with E-state index in [0.717, 1.165) is 0 Å². The zero-order valence-electron chi connectivity index (χ0n) is 7.88. The van der Waals surface area contributed by atoms with Crippen LogP contribution in [0.1, 0.15) is 12.8 Å². The van der Waals surface area contributed by atoms with Crippen LogP contribution < -0.4 is 5.73 Å². The number of rotatable bonds is 1. The molecule has 0 aliphatic carbocycles. The van der Waals surface area contributed by atoms with Crippen LogP contribution in [0.5, 0.6) is 0 Å². The Morgan fingerprint density at radius 1 is 1.20 bits per heavy atom. The topological polar surface area (TPSA) is 63.4 Å². The van der Waals surface area contributed by atoms with Gasteiger partial charge in [0, 0.05) is 19.0 Å². The predicted octanol–water partition coefficient (Wildman–Crippen LogP) is 1.08. The van der Waals surface area contributed by atoms with E-state index in [2.05, 4.69) is 0 Å². The quantitative estimate of drug-likeness (QED) is 0.727. The molecule has 15 heavy (non-hydrogen) atoms. The Balaban J connectivity index is 2.51. The van der Waals surface area contributed by atoms with Crippen molar-refractivity contribution >= 4 is 46.6 Å². The molecule has 1 heterocycles. The van der Waals surface area contributed by atoms with Gasteiger partial charge in [-0.1, -0.05) is 34.8 Å². The number of nitrogens with zero attached hydrogens (tertiary/aromatic N) is 1. The first-order valence-electron chi connectivity index (χ1n) is 4.48. The van der Waals surface area contributed by atoms with Gasteiger partial charge in [-0.2, -0.15) is 0 Å². The highest BCUT2D eigenvalue weighted by molar-refractivity contribution is 6.76. The van der Waals surface area contributed by atoms with E-state index in [-0.39, 0.29) is 11.8 Å². The molecule has 86 valence electrons. The SMILES string of the molecule is NC(=O)C1CCN(C(=O)C(Cl)(Cl)Cl)CC1. The fourth-order valence-electron chi connectivity index (χ4n) is 1.55. The largest absolute Gasteiger partial charge is 0.369 e. The molecule has 0 radical (unpaired) electrons. The average molecular weight is 274 g/mol. The molecule has 0 saturated carbocycles. The van der Waals surface area contributed by atoms with E-state index < -0.39 is 9.70 Å². The molecular formula is C8H11Cl3N2O2. The fraction of sp³-hybridized carbons (Fsp3) is 0.750.